The highest BCUT2D eigenvalue weighted by Crippen LogP contribution is 2.58. The molecule has 160 valence electrons. The molecule has 0 aromatic heterocycles. The van der Waals surface area contributed by atoms with Crippen molar-refractivity contribution in [1.82, 2.24) is 4.90 Å². The van der Waals surface area contributed by atoms with Crippen molar-refractivity contribution < 1.29 is 59.6 Å². The Labute approximate surface area is 150 Å². The molecule has 0 radical (unpaired) electrons. The van der Waals surface area contributed by atoms with Gasteiger partial charge >= 0.3 is 31.6 Å². The fraction of sp³-hybridized carbons (Fsp3) is 0.917. The number of esters is 1. The predicted octanol–water partition coefficient (Wildman–Crippen LogP) is 3.39. The molecule has 1 aliphatic heterocycles. The van der Waals surface area contributed by atoms with Crippen molar-refractivity contribution in [3.8, 4) is 0 Å². The average molecular weight is 433 g/mol. The normalized spacial score (nSPS) is 21.7. The van der Waals surface area contributed by atoms with Crippen LogP contribution in [0.15, 0.2) is 0 Å². The first-order chi connectivity index (χ1) is 12.1. The molecule has 0 aliphatic carbocycles. The maximum absolute atomic E-state index is 13.5. The maximum atomic E-state index is 13.5. The van der Waals surface area contributed by atoms with Crippen LogP contribution in [0.3, 0.4) is 0 Å². The molecule has 1 unspecified atom stereocenters. The third-order valence-electron chi connectivity index (χ3n) is 3.47. The second-order valence-corrected chi connectivity index (χ2v) is 7.71. The Morgan fingerprint density at radius 2 is 1.56 bits per heavy atom. The lowest BCUT2D eigenvalue weighted by Gasteiger charge is -2.39. The van der Waals surface area contributed by atoms with Gasteiger partial charge in [-0.05, 0) is 12.3 Å². The molecule has 1 atom stereocenters. The molecule has 1 fully saturated rings. The van der Waals surface area contributed by atoms with Crippen LogP contribution in [-0.4, -0.2) is 55.5 Å². The lowest BCUT2D eigenvalue weighted by Crippen LogP contribution is -2.66. The molecule has 0 aromatic rings. The number of hydrogen-bond acceptors (Lipinski definition) is 8. The van der Waals surface area contributed by atoms with Crippen molar-refractivity contribution >= 4 is 13.6 Å². The van der Waals surface area contributed by atoms with Gasteiger partial charge in [0.05, 0.1) is 14.2 Å². The van der Waals surface area contributed by atoms with Crippen molar-refractivity contribution in [2.75, 3.05) is 20.5 Å². The van der Waals surface area contributed by atoms with Gasteiger partial charge in [0.1, 0.15) is 12.3 Å². The fourth-order valence-corrected chi connectivity index (χ4v) is 3.91. The molecule has 1 rings (SSSR count). The van der Waals surface area contributed by atoms with Gasteiger partial charge < -0.3 is 4.74 Å². The van der Waals surface area contributed by atoms with E-state index in [9.17, 15) is 35.7 Å². The summed E-state index contributed by atoms with van der Waals surface area (Å²) in [6.45, 7) is 2.92. The Kier molecular flexibility index (Phi) is 7.34. The minimum absolute atomic E-state index is 0.436. The summed E-state index contributed by atoms with van der Waals surface area (Å²) in [7, 11) is -3.25. The Hall–Kier alpha value is -0.920. The second-order valence-electron chi connectivity index (χ2n) is 5.91. The summed E-state index contributed by atoms with van der Waals surface area (Å²) in [5, 5.41) is 0. The summed E-state index contributed by atoms with van der Waals surface area (Å²) in [6.07, 6.45) is -14.3. The first-order valence-corrected chi connectivity index (χ1v) is 9.05. The third-order valence-corrected chi connectivity index (χ3v) is 4.87. The number of cyclic esters (lactones) is 1. The van der Waals surface area contributed by atoms with Crippen molar-refractivity contribution in [3.63, 3.8) is 0 Å². The van der Waals surface area contributed by atoms with E-state index in [1.807, 2.05) is 0 Å². The van der Waals surface area contributed by atoms with E-state index in [0.29, 0.717) is 0 Å². The molecular formula is C12H18F6NO7P. The molecule has 1 aliphatic rings. The van der Waals surface area contributed by atoms with Crippen molar-refractivity contribution in [2.45, 2.75) is 44.4 Å². The van der Waals surface area contributed by atoms with E-state index in [1.54, 1.807) is 0 Å². The topological polar surface area (TPSA) is 83.5 Å². The van der Waals surface area contributed by atoms with Gasteiger partial charge in [0.15, 0.2) is 0 Å². The van der Waals surface area contributed by atoms with Crippen LogP contribution in [0.25, 0.3) is 0 Å². The van der Waals surface area contributed by atoms with E-state index < -0.39 is 61.2 Å². The van der Waals surface area contributed by atoms with E-state index in [1.165, 1.54) is 13.8 Å². The fourth-order valence-electron chi connectivity index (χ4n) is 2.56. The molecule has 0 amide bonds. The number of nitrogens with zero attached hydrogens (tertiary/aromatic N) is 1. The van der Waals surface area contributed by atoms with Crippen LogP contribution in [0.4, 0.5) is 26.3 Å². The summed E-state index contributed by atoms with van der Waals surface area (Å²) in [6, 6.07) is -2.03. The van der Waals surface area contributed by atoms with Crippen LogP contribution >= 0.6 is 7.60 Å². The summed E-state index contributed by atoms with van der Waals surface area (Å²) in [5.74, 6) is -2.28. The number of ether oxygens (including phenoxy) is 1. The minimum atomic E-state index is -6.11. The highest BCUT2D eigenvalue weighted by atomic mass is 31.2. The largest absolute Gasteiger partial charge is 0.453 e. The molecule has 8 nitrogen and oxygen atoms in total. The Morgan fingerprint density at radius 3 is 1.89 bits per heavy atom. The van der Waals surface area contributed by atoms with Crippen LogP contribution in [0, 0.1) is 5.92 Å². The Balaban J connectivity index is 3.57. The number of alkyl halides is 6. The highest BCUT2D eigenvalue weighted by Gasteiger charge is 2.82. The van der Waals surface area contributed by atoms with Gasteiger partial charge in [-0.3, -0.25) is 9.36 Å². The Morgan fingerprint density at radius 1 is 1.11 bits per heavy atom. The van der Waals surface area contributed by atoms with Crippen LogP contribution in [0.1, 0.15) is 20.3 Å². The van der Waals surface area contributed by atoms with Gasteiger partial charge in [-0.15, -0.1) is 9.35 Å². The molecule has 0 N–H and O–H groups in total. The number of rotatable bonds is 8. The van der Waals surface area contributed by atoms with E-state index in [-0.39, 0.29) is 0 Å². The van der Waals surface area contributed by atoms with Crippen LogP contribution in [0.5, 0.6) is 0 Å². The van der Waals surface area contributed by atoms with Gasteiger partial charge in [0.2, 0.25) is 0 Å². The zero-order valence-electron chi connectivity index (χ0n) is 14.6. The van der Waals surface area contributed by atoms with Gasteiger partial charge in [0.25, 0.3) is 0 Å². The van der Waals surface area contributed by atoms with Gasteiger partial charge in [0, 0.05) is 0 Å². The summed E-state index contributed by atoms with van der Waals surface area (Å²) in [4.78, 5) is 19.6. The zero-order valence-corrected chi connectivity index (χ0v) is 15.5. The first kappa shape index (κ1) is 24.1. The molecule has 1 heterocycles. The zero-order chi connectivity index (χ0) is 21.3. The number of halogens is 6. The van der Waals surface area contributed by atoms with Crippen LogP contribution in [-0.2, 0) is 33.2 Å². The summed E-state index contributed by atoms with van der Waals surface area (Å²) >= 11 is 0. The number of carbonyl (C=O) groups excluding carboxylic acids is 1. The maximum Gasteiger partial charge on any atom is 0.453 e. The minimum Gasteiger partial charge on any atom is -0.423 e. The van der Waals surface area contributed by atoms with E-state index in [4.69, 9.17) is 0 Å². The van der Waals surface area contributed by atoms with Crippen molar-refractivity contribution in [2.24, 2.45) is 5.92 Å². The smallest absolute Gasteiger partial charge is 0.423 e. The van der Waals surface area contributed by atoms with Crippen molar-refractivity contribution in [1.29, 1.82) is 0 Å². The molecular weight excluding hydrogens is 415 g/mol. The molecule has 0 aromatic carbocycles. The lowest BCUT2D eigenvalue weighted by atomic mass is 10.0. The quantitative estimate of drug-likeness (QED) is 0.189. The predicted molar refractivity (Wildman–Crippen MR) is 74.7 cm³/mol. The third kappa shape index (κ3) is 4.74. The molecule has 1 saturated heterocycles. The van der Waals surface area contributed by atoms with Crippen molar-refractivity contribution in [3.05, 3.63) is 0 Å². The number of carbonyl (C=O) groups is 1. The van der Waals surface area contributed by atoms with Gasteiger partial charge in [-0.25, -0.2) is 14.7 Å². The molecule has 0 bridgehead atoms. The van der Waals surface area contributed by atoms with Gasteiger partial charge in [-0.1, -0.05) is 13.8 Å². The Bertz CT molecular complexity index is 558. The molecule has 15 heteroatoms. The molecule has 0 spiro atoms. The average Bonchev–Trinajstić information content (AvgIpc) is 2.72. The molecule has 0 saturated carbocycles. The summed E-state index contributed by atoms with van der Waals surface area (Å²) < 4.78 is 106. The van der Waals surface area contributed by atoms with Crippen LogP contribution in [0.2, 0.25) is 0 Å². The highest BCUT2D eigenvalue weighted by molar-refractivity contribution is 7.53. The summed E-state index contributed by atoms with van der Waals surface area (Å²) in [5.41, 5.74) is -5.04. The molecule has 27 heavy (non-hydrogen) atoms. The monoisotopic (exact) mass is 433 g/mol. The SMILES string of the molecule is COOP(=O)(CN1C(CC(C)C)C(=O)OC1(C(F)(F)F)C(F)(F)F)OOC. The van der Waals surface area contributed by atoms with E-state index >= 15 is 0 Å². The van der Waals surface area contributed by atoms with Gasteiger partial charge in [-0.2, -0.15) is 26.3 Å². The first-order valence-electron chi connectivity index (χ1n) is 7.32. The second kappa shape index (κ2) is 8.21. The van der Waals surface area contributed by atoms with E-state index in [2.05, 4.69) is 23.9 Å². The standard InChI is InChI=1S/C12H18F6NO7P/c1-7(2)5-8-9(20)24-10(11(13,14)15,12(16,17)18)19(8)6-27(21,25-22-3)26-23-4/h7-8H,5-6H2,1-4H3. The lowest BCUT2D eigenvalue weighted by molar-refractivity contribution is -0.400. The van der Waals surface area contributed by atoms with E-state index in [0.717, 1.165) is 14.2 Å². The van der Waals surface area contributed by atoms with Crippen LogP contribution < -0.4 is 0 Å². The number of hydrogen-bond donors (Lipinski definition) is 0.